The van der Waals surface area contributed by atoms with Gasteiger partial charge in [-0.25, -0.2) is 0 Å². The van der Waals surface area contributed by atoms with Gasteiger partial charge in [-0.15, -0.1) is 0 Å². The van der Waals surface area contributed by atoms with Crippen molar-refractivity contribution in [3.05, 3.63) is 23.0 Å². The minimum Gasteiger partial charge on any atom is -0.465 e. The molecule has 1 amide bonds. The van der Waals surface area contributed by atoms with Crippen molar-refractivity contribution in [2.75, 3.05) is 11.9 Å². The van der Waals surface area contributed by atoms with E-state index < -0.39 is 0 Å². The van der Waals surface area contributed by atoms with Crippen molar-refractivity contribution in [1.29, 1.82) is 0 Å². The molecule has 0 bridgehead atoms. The lowest BCUT2D eigenvalue weighted by molar-refractivity contribution is -0.138. The number of nitrogens with one attached hydrogen (secondary N) is 3. The van der Waals surface area contributed by atoms with E-state index in [9.17, 15) is 9.59 Å². The Labute approximate surface area is 119 Å². The molecule has 1 aliphatic rings. The quantitative estimate of drug-likeness (QED) is 0.597. The van der Waals surface area contributed by atoms with Crippen molar-refractivity contribution in [3.63, 3.8) is 0 Å². The lowest BCUT2D eigenvalue weighted by Crippen LogP contribution is -2.16. The standard InChI is InChI=1S/C13H13N3O3S/c17-11(3-7-4-12(18)19-6-7)14-8-1-2-9-10(5-8)16-13(20)15-9/h1-2,5,7H,3-4,6H2,(H,14,17)(H2,15,16,20). The number of esters is 1. The number of hydrogen-bond donors (Lipinski definition) is 3. The van der Waals surface area contributed by atoms with Crippen LogP contribution in [0.4, 0.5) is 5.69 Å². The van der Waals surface area contributed by atoms with E-state index in [2.05, 4.69) is 15.3 Å². The Hall–Kier alpha value is -2.15. The zero-order valence-corrected chi connectivity index (χ0v) is 11.4. The highest BCUT2D eigenvalue weighted by atomic mass is 32.1. The Morgan fingerprint density at radius 1 is 1.40 bits per heavy atom. The number of imidazole rings is 1. The number of H-pyrrole nitrogens is 2. The zero-order valence-electron chi connectivity index (χ0n) is 10.6. The summed E-state index contributed by atoms with van der Waals surface area (Å²) in [5.74, 6) is -0.379. The molecule has 1 aromatic carbocycles. The smallest absolute Gasteiger partial charge is 0.306 e. The number of benzene rings is 1. The Morgan fingerprint density at radius 2 is 2.20 bits per heavy atom. The highest BCUT2D eigenvalue weighted by Gasteiger charge is 2.25. The summed E-state index contributed by atoms with van der Waals surface area (Å²) in [6.45, 7) is 0.330. The van der Waals surface area contributed by atoms with Gasteiger partial charge in [0.05, 0.1) is 24.1 Å². The molecule has 0 saturated carbocycles. The molecular formula is C13H13N3O3S. The molecule has 3 rings (SSSR count). The van der Waals surface area contributed by atoms with Gasteiger partial charge >= 0.3 is 5.97 Å². The van der Waals surface area contributed by atoms with Crippen LogP contribution < -0.4 is 5.32 Å². The van der Waals surface area contributed by atoms with Crippen molar-refractivity contribution in [3.8, 4) is 0 Å². The third-order valence-corrected chi connectivity index (χ3v) is 3.41. The first-order valence-corrected chi connectivity index (χ1v) is 6.68. The average molecular weight is 291 g/mol. The molecule has 0 aliphatic carbocycles. The van der Waals surface area contributed by atoms with Crippen LogP contribution in [-0.2, 0) is 14.3 Å². The van der Waals surface area contributed by atoms with E-state index in [1.165, 1.54) is 0 Å². The lowest BCUT2D eigenvalue weighted by Gasteiger charge is -2.07. The fourth-order valence-corrected chi connectivity index (χ4v) is 2.50. The van der Waals surface area contributed by atoms with E-state index in [1.54, 1.807) is 6.07 Å². The van der Waals surface area contributed by atoms with E-state index >= 15 is 0 Å². The second-order valence-corrected chi connectivity index (χ2v) is 5.25. The van der Waals surface area contributed by atoms with Gasteiger partial charge < -0.3 is 20.0 Å². The van der Waals surface area contributed by atoms with Gasteiger partial charge in [-0.05, 0) is 30.4 Å². The number of anilines is 1. The summed E-state index contributed by atoms with van der Waals surface area (Å²) >= 11 is 5.01. The maximum absolute atomic E-state index is 11.9. The number of fused-ring (bicyclic) bond motifs is 1. The van der Waals surface area contributed by atoms with Crippen LogP contribution in [0.15, 0.2) is 18.2 Å². The highest BCUT2D eigenvalue weighted by molar-refractivity contribution is 7.71. The summed E-state index contributed by atoms with van der Waals surface area (Å²) in [4.78, 5) is 28.9. The molecule has 0 spiro atoms. The second kappa shape index (κ2) is 5.09. The number of carbonyl (C=O) groups is 2. The van der Waals surface area contributed by atoms with Crippen LogP contribution in [0.5, 0.6) is 0 Å². The molecule has 0 radical (unpaired) electrons. The van der Waals surface area contributed by atoms with E-state index in [4.69, 9.17) is 17.0 Å². The van der Waals surface area contributed by atoms with E-state index in [-0.39, 0.29) is 24.2 Å². The van der Waals surface area contributed by atoms with Crippen LogP contribution in [0, 0.1) is 10.7 Å². The summed E-state index contributed by atoms with van der Waals surface area (Å²) in [5.41, 5.74) is 2.42. The summed E-state index contributed by atoms with van der Waals surface area (Å²) in [5, 5.41) is 2.81. The van der Waals surface area contributed by atoms with Crippen LogP contribution in [0.25, 0.3) is 11.0 Å². The van der Waals surface area contributed by atoms with Gasteiger partial charge in [-0.1, -0.05) is 0 Å². The van der Waals surface area contributed by atoms with Crippen LogP contribution in [-0.4, -0.2) is 28.5 Å². The normalized spacial score (nSPS) is 18.2. The SMILES string of the molecule is O=C(CC1COC(=O)C1)Nc1ccc2[nH]c(=S)[nH]c2c1. The monoisotopic (exact) mass is 291 g/mol. The van der Waals surface area contributed by atoms with Crippen LogP contribution >= 0.6 is 12.2 Å². The molecular weight excluding hydrogens is 278 g/mol. The largest absolute Gasteiger partial charge is 0.465 e. The molecule has 20 heavy (non-hydrogen) atoms. The van der Waals surface area contributed by atoms with Crippen molar-refractivity contribution < 1.29 is 14.3 Å². The van der Waals surface area contributed by atoms with Crippen molar-refractivity contribution >= 4 is 40.8 Å². The summed E-state index contributed by atoms with van der Waals surface area (Å²) in [6, 6.07) is 5.46. The van der Waals surface area contributed by atoms with Gasteiger partial charge in [0, 0.05) is 18.0 Å². The summed E-state index contributed by atoms with van der Waals surface area (Å²) in [7, 11) is 0. The Morgan fingerprint density at radius 3 is 2.95 bits per heavy atom. The van der Waals surface area contributed by atoms with Gasteiger partial charge in [-0.2, -0.15) is 0 Å². The van der Waals surface area contributed by atoms with Crippen molar-refractivity contribution in [2.45, 2.75) is 12.8 Å². The lowest BCUT2D eigenvalue weighted by atomic mass is 10.0. The number of aromatic amines is 2. The van der Waals surface area contributed by atoms with Crippen molar-refractivity contribution in [1.82, 2.24) is 9.97 Å². The molecule has 1 aliphatic heterocycles. The third-order valence-electron chi connectivity index (χ3n) is 3.21. The van der Waals surface area contributed by atoms with E-state index in [0.29, 0.717) is 23.5 Å². The van der Waals surface area contributed by atoms with Crippen LogP contribution in [0.2, 0.25) is 0 Å². The fourth-order valence-electron chi connectivity index (χ4n) is 2.28. The molecule has 1 fully saturated rings. The molecule has 7 heteroatoms. The minimum atomic E-state index is -0.232. The first-order valence-electron chi connectivity index (χ1n) is 6.28. The molecule has 1 aromatic heterocycles. The number of amides is 1. The average Bonchev–Trinajstić information content (AvgIpc) is 2.93. The maximum atomic E-state index is 11.9. The Kier molecular flexibility index (Phi) is 3.27. The number of aromatic nitrogens is 2. The van der Waals surface area contributed by atoms with E-state index in [1.807, 2.05) is 12.1 Å². The topological polar surface area (TPSA) is 87.0 Å². The third kappa shape index (κ3) is 2.72. The second-order valence-electron chi connectivity index (χ2n) is 4.84. The highest BCUT2D eigenvalue weighted by Crippen LogP contribution is 2.20. The van der Waals surface area contributed by atoms with Gasteiger partial charge in [0.15, 0.2) is 4.77 Å². The van der Waals surface area contributed by atoms with Gasteiger partial charge in [-0.3, -0.25) is 9.59 Å². The molecule has 3 N–H and O–H groups in total. The van der Waals surface area contributed by atoms with Gasteiger partial charge in [0.2, 0.25) is 5.91 Å². The Balaban J connectivity index is 1.67. The molecule has 2 heterocycles. The van der Waals surface area contributed by atoms with Gasteiger partial charge in [0.25, 0.3) is 0 Å². The number of hydrogen-bond acceptors (Lipinski definition) is 4. The first-order chi connectivity index (χ1) is 9.60. The molecule has 1 saturated heterocycles. The Bertz CT molecular complexity index is 734. The zero-order chi connectivity index (χ0) is 14.1. The van der Waals surface area contributed by atoms with Crippen LogP contribution in [0.3, 0.4) is 0 Å². The molecule has 104 valence electrons. The number of carbonyl (C=O) groups excluding carboxylic acids is 2. The number of cyclic esters (lactones) is 1. The molecule has 1 unspecified atom stereocenters. The molecule has 6 nitrogen and oxygen atoms in total. The van der Waals surface area contributed by atoms with E-state index in [0.717, 1.165) is 11.0 Å². The first kappa shape index (κ1) is 12.9. The molecule has 2 aromatic rings. The fraction of sp³-hybridized carbons (Fsp3) is 0.308. The molecule has 1 atom stereocenters. The number of ether oxygens (including phenoxy) is 1. The predicted octanol–water partition coefficient (Wildman–Crippen LogP) is 2.12. The minimum absolute atomic E-state index is 0.0238. The summed E-state index contributed by atoms with van der Waals surface area (Å²) in [6.07, 6.45) is 0.601. The van der Waals surface area contributed by atoms with Crippen LogP contribution in [0.1, 0.15) is 12.8 Å². The summed E-state index contributed by atoms with van der Waals surface area (Å²) < 4.78 is 5.38. The van der Waals surface area contributed by atoms with Crippen molar-refractivity contribution in [2.24, 2.45) is 5.92 Å². The predicted molar refractivity (Wildman–Crippen MR) is 75.8 cm³/mol. The van der Waals surface area contributed by atoms with Gasteiger partial charge in [0.1, 0.15) is 0 Å². The maximum Gasteiger partial charge on any atom is 0.306 e. The number of rotatable bonds is 3.